The Morgan fingerprint density at radius 2 is 2.19 bits per heavy atom. The number of rotatable bonds is 1. The molecule has 0 bridgehead atoms. The average Bonchev–Trinajstić information content (AvgIpc) is 2.66. The van der Waals surface area contributed by atoms with Crippen LogP contribution in [0.1, 0.15) is 17.6 Å². The van der Waals surface area contributed by atoms with Crippen molar-refractivity contribution in [2.45, 2.75) is 12.2 Å². The summed E-state index contributed by atoms with van der Waals surface area (Å²) in [7, 11) is 1.88. The van der Waals surface area contributed by atoms with E-state index in [-0.39, 0.29) is 6.04 Å². The standard InChI is InChI=1S/C10H13F3N2O/c1-15-5-4-14-6-7(15)8-2-3-9(16-8)10(11,12)13/h2-3,7,14H,4-6H2,1H3. The number of nitrogens with zero attached hydrogens (tertiary/aromatic N) is 1. The molecule has 0 aliphatic carbocycles. The van der Waals surface area contributed by atoms with Crippen LogP contribution in [-0.2, 0) is 6.18 Å². The lowest BCUT2D eigenvalue weighted by molar-refractivity contribution is -0.153. The molecule has 0 amide bonds. The van der Waals surface area contributed by atoms with Crippen LogP contribution in [0, 0.1) is 0 Å². The van der Waals surface area contributed by atoms with Gasteiger partial charge in [-0.2, -0.15) is 13.2 Å². The first-order chi connectivity index (χ1) is 7.48. The molecule has 1 aromatic rings. The summed E-state index contributed by atoms with van der Waals surface area (Å²) in [5.41, 5.74) is 0. The average molecular weight is 234 g/mol. The zero-order chi connectivity index (χ0) is 11.8. The van der Waals surface area contributed by atoms with Gasteiger partial charge in [-0.15, -0.1) is 0 Å². The Kier molecular flexibility index (Phi) is 2.94. The first-order valence-electron chi connectivity index (χ1n) is 5.06. The van der Waals surface area contributed by atoms with Crippen molar-refractivity contribution in [1.82, 2.24) is 10.2 Å². The second kappa shape index (κ2) is 4.10. The molecule has 1 aliphatic rings. The van der Waals surface area contributed by atoms with Gasteiger partial charge in [0.25, 0.3) is 0 Å². The molecular weight excluding hydrogens is 221 g/mol. The van der Waals surface area contributed by atoms with Crippen molar-refractivity contribution in [3.8, 4) is 0 Å². The highest BCUT2D eigenvalue weighted by Gasteiger charge is 2.36. The number of alkyl halides is 3. The van der Waals surface area contributed by atoms with E-state index in [2.05, 4.69) is 5.32 Å². The van der Waals surface area contributed by atoms with Crippen LogP contribution in [-0.4, -0.2) is 31.6 Å². The predicted molar refractivity (Wildman–Crippen MR) is 52.0 cm³/mol. The van der Waals surface area contributed by atoms with E-state index in [0.717, 1.165) is 19.2 Å². The minimum absolute atomic E-state index is 0.121. The molecule has 1 aliphatic heterocycles. The van der Waals surface area contributed by atoms with Crippen molar-refractivity contribution >= 4 is 0 Å². The predicted octanol–water partition coefficient (Wildman–Crippen LogP) is 1.87. The van der Waals surface area contributed by atoms with E-state index in [0.29, 0.717) is 12.3 Å². The van der Waals surface area contributed by atoms with Crippen LogP contribution in [0.15, 0.2) is 16.5 Å². The van der Waals surface area contributed by atoms with Crippen LogP contribution < -0.4 is 5.32 Å². The molecule has 16 heavy (non-hydrogen) atoms. The molecule has 1 unspecified atom stereocenters. The quantitative estimate of drug-likeness (QED) is 0.804. The molecule has 3 nitrogen and oxygen atoms in total. The fraction of sp³-hybridized carbons (Fsp3) is 0.600. The van der Waals surface area contributed by atoms with Gasteiger partial charge in [0.2, 0.25) is 5.76 Å². The highest BCUT2D eigenvalue weighted by molar-refractivity contribution is 5.14. The van der Waals surface area contributed by atoms with E-state index in [4.69, 9.17) is 4.42 Å². The minimum Gasteiger partial charge on any atom is -0.455 e. The third-order valence-corrected chi connectivity index (χ3v) is 2.75. The summed E-state index contributed by atoms with van der Waals surface area (Å²) >= 11 is 0. The van der Waals surface area contributed by atoms with Gasteiger partial charge in [-0.1, -0.05) is 0 Å². The van der Waals surface area contributed by atoms with Gasteiger partial charge >= 0.3 is 6.18 Å². The fourth-order valence-electron chi connectivity index (χ4n) is 1.81. The minimum atomic E-state index is -4.40. The molecule has 1 aromatic heterocycles. The molecule has 1 N–H and O–H groups in total. The van der Waals surface area contributed by atoms with Gasteiger partial charge in [-0.3, -0.25) is 4.90 Å². The highest BCUT2D eigenvalue weighted by Crippen LogP contribution is 2.33. The maximum Gasteiger partial charge on any atom is 0.449 e. The van der Waals surface area contributed by atoms with Crippen LogP contribution in [0.4, 0.5) is 13.2 Å². The molecule has 1 saturated heterocycles. The van der Waals surface area contributed by atoms with Crippen LogP contribution in [0.2, 0.25) is 0 Å². The number of likely N-dealkylation sites (N-methyl/N-ethyl adjacent to an activating group) is 1. The molecule has 2 rings (SSSR count). The van der Waals surface area contributed by atoms with Gasteiger partial charge in [0.15, 0.2) is 0 Å². The third-order valence-electron chi connectivity index (χ3n) is 2.75. The number of halogens is 3. The van der Waals surface area contributed by atoms with Crippen molar-refractivity contribution in [3.63, 3.8) is 0 Å². The summed E-state index contributed by atoms with van der Waals surface area (Å²) < 4.78 is 41.9. The first-order valence-corrected chi connectivity index (χ1v) is 5.06. The molecule has 1 fully saturated rings. The third kappa shape index (κ3) is 2.22. The van der Waals surface area contributed by atoms with Gasteiger partial charge in [0.1, 0.15) is 5.76 Å². The van der Waals surface area contributed by atoms with Crippen LogP contribution in [0.5, 0.6) is 0 Å². The number of nitrogens with one attached hydrogen (secondary N) is 1. The lowest BCUT2D eigenvalue weighted by atomic mass is 10.1. The SMILES string of the molecule is CN1CCNCC1c1ccc(C(F)(F)F)o1. The molecule has 90 valence electrons. The topological polar surface area (TPSA) is 28.4 Å². The molecule has 2 heterocycles. The summed E-state index contributed by atoms with van der Waals surface area (Å²) in [5, 5.41) is 3.13. The maximum absolute atomic E-state index is 12.3. The maximum atomic E-state index is 12.3. The molecule has 0 spiro atoms. The van der Waals surface area contributed by atoms with Gasteiger partial charge in [0, 0.05) is 19.6 Å². The largest absolute Gasteiger partial charge is 0.455 e. The summed E-state index contributed by atoms with van der Waals surface area (Å²) in [4.78, 5) is 1.98. The van der Waals surface area contributed by atoms with E-state index in [1.54, 1.807) is 0 Å². The van der Waals surface area contributed by atoms with E-state index in [9.17, 15) is 13.2 Å². The van der Waals surface area contributed by atoms with Crippen molar-refractivity contribution in [2.75, 3.05) is 26.7 Å². The van der Waals surface area contributed by atoms with Gasteiger partial charge < -0.3 is 9.73 Å². The number of hydrogen-bond acceptors (Lipinski definition) is 3. The summed E-state index contributed by atoms with van der Waals surface area (Å²) in [5.74, 6) is -0.566. The Labute approximate surface area is 91.2 Å². The molecular formula is C10H13F3N2O. The Morgan fingerprint density at radius 3 is 2.75 bits per heavy atom. The highest BCUT2D eigenvalue weighted by atomic mass is 19.4. The summed E-state index contributed by atoms with van der Waals surface area (Å²) in [6.45, 7) is 2.26. The summed E-state index contributed by atoms with van der Waals surface area (Å²) in [6.07, 6.45) is -4.40. The second-order valence-electron chi connectivity index (χ2n) is 3.90. The van der Waals surface area contributed by atoms with E-state index in [1.165, 1.54) is 6.07 Å². The Balaban J connectivity index is 2.18. The second-order valence-corrected chi connectivity index (χ2v) is 3.90. The molecule has 6 heteroatoms. The first kappa shape index (κ1) is 11.5. The van der Waals surface area contributed by atoms with E-state index >= 15 is 0 Å². The van der Waals surface area contributed by atoms with Gasteiger partial charge in [-0.25, -0.2) is 0 Å². The summed E-state index contributed by atoms with van der Waals surface area (Å²) in [6, 6.07) is 2.26. The van der Waals surface area contributed by atoms with Gasteiger partial charge in [-0.05, 0) is 19.2 Å². The van der Waals surface area contributed by atoms with Crippen molar-refractivity contribution in [2.24, 2.45) is 0 Å². The molecule has 1 atom stereocenters. The normalized spacial score (nSPS) is 23.6. The van der Waals surface area contributed by atoms with Crippen molar-refractivity contribution < 1.29 is 17.6 Å². The number of furan rings is 1. The number of piperazine rings is 1. The Hall–Kier alpha value is -1.01. The Bertz CT molecular complexity index is 361. The van der Waals surface area contributed by atoms with Crippen LogP contribution in [0.3, 0.4) is 0 Å². The molecule has 0 aromatic carbocycles. The monoisotopic (exact) mass is 234 g/mol. The van der Waals surface area contributed by atoms with E-state index in [1.807, 2.05) is 11.9 Å². The van der Waals surface area contributed by atoms with Crippen molar-refractivity contribution in [1.29, 1.82) is 0 Å². The van der Waals surface area contributed by atoms with Gasteiger partial charge in [0.05, 0.1) is 6.04 Å². The molecule has 0 radical (unpaired) electrons. The fourth-order valence-corrected chi connectivity index (χ4v) is 1.81. The van der Waals surface area contributed by atoms with E-state index < -0.39 is 11.9 Å². The number of hydrogen-bond donors (Lipinski definition) is 1. The van der Waals surface area contributed by atoms with Crippen molar-refractivity contribution in [3.05, 3.63) is 23.7 Å². The lowest BCUT2D eigenvalue weighted by Gasteiger charge is -2.31. The Morgan fingerprint density at radius 1 is 1.44 bits per heavy atom. The van der Waals surface area contributed by atoms with Crippen LogP contribution in [0.25, 0.3) is 0 Å². The lowest BCUT2D eigenvalue weighted by Crippen LogP contribution is -2.43. The smallest absolute Gasteiger partial charge is 0.449 e. The van der Waals surface area contributed by atoms with Crippen LogP contribution >= 0.6 is 0 Å². The zero-order valence-electron chi connectivity index (χ0n) is 8.84. The molecule has 0 saturated carbocycles. The zero-order valence-corrected chi connectivity index (χ0v) is 8.84.